The van der Waals surface area contributed by atoms with Crippen LogP contribution in [0.4, 0.5) is 9.93 Å². The fraction of sp³-hybridized carbons (Fsp3) is 0.280. The zero-order valence-corrected chi connectivity index (χ0v) is 19.4. The van der Waals surface area contributed by atoms with Gasteiger partial charge in [0.05, 0.1) is 0 Å². The number of benzene rings is 2. The number of carboxylic acids is 1. The van der Waals surface area contributed by atoms with Crippen LogP contribution in [0.2, 0.25) is 0 Å². The van der Waals surface area contributed by atoms with Gasteiger partial charge >= 0.3 is 12.1 Å². The number of ether oxygens (including phenoxy) is 1. The molecule has 0 saturated heterocycles. The monoisotopic (exact) mass is 479 g/mol. The molecule has 176 valence electrons. The molecule has 9 heteroatoms. The van der Waals surface area contributed by atoms with Gasteiger partial charge in [0, 0.05) is 24.3 Å². The number of hydrogen-bond donors (Lipinski definition) is 3. The average molecular weight is 480 g/mol. The lowest BCUT2D eigenvalue weighted by atomic mass is 9.98. The second-order valence-corrected chi connectivity index (χ2v) is 8.93. The summed E-state index contributed by atoms with van der Waals surface area (Å²) in [4.78, 5) is 39.7. The number of amides is 2. The standard InChI is InChI=1S/C25H25N3O5S/c1-2-15(11-22(29)30)12-26-23(31)21-14-34-24(27-21)28-25(32)33-13-20-18-9-5-3-7-16(18)17-8-4-6-10-19(17)20/h3-10,14-15,20H,2,11-13H2,1H3,(H,26,31)(H,29,30)(H,27,28,32). The van der Waals surface area contributed by atoms with Gasteiger partial charge in [-0.15, -0.1) is 11.3 Å². The Balaban J connectivity index is 1.32. The highest BCUT2D eigenvalue weighted by molar-refractivity contribution is 7.14. The van der Waals surface area contributed by atoms with Gasteiger partial charge in [-0.05, 0) is 28.2 Å². The number of rotatable bonds is 9. The first-order valence-electron chi connectivity index (χ1n) is 11.0. The molecule has 1 atom stereocenters. The summed E-state index contributed by atoms with van der Waals surface area (Å²) in [5.41, 5.74) is 4.70. The molecule has 1 unspecified atom stereocenters. The van der Waals surface area contributed by atoms with Crippen LogP contribution in [0, 0.1) is 5.92 Å². The highest BCUT2D eigenvalue weighted by Crippen LogP contribution is 2.44. The van der Waals surface area contributed by atoms with E-state index < -0.39 is 18.0 Å². The molecular weight excluding hydrogens is 454 g/mol. The number of nitrogens with zero attached hydrogens (tertiary/aromatic N) is 1. The molecule has 3 N–H and O–H groups in total. The predicted octanol–water partition coefficient (Wildman–Crippen LogP) is 4.73. The Labute approximate surface area is 201 Å². The topological polar surface area (TPSA) is 118 Å². The normalized spacial score (nSPS) is 13.0. The first-order chi connectivity index (χ1) is 16.5. The van der Waals surface area contributed by atoms with Crippen LogP contribution in [0.5, 0.6) is 0 Å². The third-order valence-corrected chi connectivity index (χ3v) is 6.64. The summed E-state index contributed by atoms with van der Waals surface area (Å²) in [6, 6.07) is 16.2. The van der Waals surface area contributed by atoms with Crippen molar-refractivity contribution in [1.82, 2.24) is 10.3 Å². The number of fused-ring (bicyclic) bond motifs is 3. The Morgan fingerprint density at radius 3 is 2.35 bits per heavy atom. The van der Waals surface area contributed by atoms with Crippen molar-refractivity contribution >= 4 is 34.4 Å². The summed E-state index contributed by atoms with van der Waals surface area (Å²) >= 11 is 1.11. The minimum absolute atomic E-state index is 0.0115. The number of carbonyl (C=O) groups excluding carboxylic acids is 2. The molecule has 3 aromatic rings. The van der Waals surface area contributed by atoms with Crippen molar-refractivity contribution in [3.8, 4) is 11.1 Å². The zero-order valence-electron chi connectivity index (χ0n) is 18.6. The van der Waals surface area contributed by atoms with Crippen LogP contribution < -0.4 is 10.6 Å². The lowest BCUT2D eigenvalue weighted by Gasteiger charge is -2.14. The molecule has 1 aromatic heterocycles. The second-order valence-electron chi connectivity index (χ2n) is 8.07. The van der Waals surface area contributed by atoms with E-state index in [-0.39, 0.29) is 42.2 Å². The molecule has 0 aliphatic heterocycles. The molecular formula is C25H25N3O5S. The fourth-order valence-electron chi connectivity index (χ4n) is 4.09. The number of aliphatic carboxylic acids is 1. The summed E-state index contributed by atoms with van der Waals surface area (Å²) < 4.78 is 5.50. The quantitative estimate of drug-likeness (QED) is 0.408. The van der Waals surface area contributed by atoms with Gasteiger partial charge in [-0.25, -0.2) is 9.78 Å². The van der Waals surface area contributed by atoms with Crippen molar-refractivity contribution in [2.24, 2.45) is 5.92 Å². The molecule has 0 saturated carbocycles. The number of thiazole rings is 1. The first-order valence-corrected chi connectivity index (χ1v) is 11.9. The van der Waals surface area contributed by atoms with E-state index in [1.165, 1.54) is 5.38 Å². The van der Waals surface area contributed by atoms with Crippen LogP contribution in [0.25, 0.3) is 11.1 Å². The van der Waals surface area contributed by atoms with Gasteiger partial charge in [0.2, 0.25) is 0 Å². The molecule has 1 heterocycles. The number of nitrogens with one attached hydrogen (secondary N) is 2. The smallest absolute Gasteiger partial charge is 0.413 e. The Bertz CT molecular complexity index is 1160. The molecule has 0 radical (unpaired) electrons. The molecule has 1 aliphatic rings. The van der Waals surface area contributed by atoms with Crippen molar-refractivity contribution in [1.29, 1.82) is 0 Å². The Morgan fingerprint density at radius 1 is 1.09 bits per heavy atom. The van der Waals surface area contributed by atoms with Gasteiger partial charge in [-0.2, -0.15) is 0 Å². The maximum absolute atomic E-state index is 12.4. The van der Waals surface area contributed by atoms with Crippen LogP contribution in [0.3, 0.4) is 0 Å². The van der Waals surface area contributed by atoms with Crippen molar-refractivity contribution in [2.45, 2.75) is 25.7 Å². The first kappa shape index (κ1) is 23.4. The van der Waals surface area contributed by atoms with E-state index in [1.807, 2.05) is 43.3 Å². The van der Waals surface area contributed by atoms with E-state index >= 15 is 0 Å². The second kappa shape index (κ2) is 10.5. The summed E-state index contributed by atoms with van der Waals surface area (Å²) in [6.07, 6.45) is -0.0172. The van der Waals surface area contributed by atoms with Crippen LogP contribution in [0.15, 0.2) is 53.9 Å². The van der Waals surface area contributed by atoms with Gasteiger partial charge in [-0.1, -0.05) is 61.9 Å². The number of anilines is 1. The molecule has 34 heavy (non-hydrogen) atoms. The maximum atomic E-state index is 12.4. The van der Waals surface area contributed by atoms with Gasteiger partial charge in [-0.3, -0.25) is 14.9 Å². The van der Waals surface area contributed by atoms with E-state index in [0.29, 0.717) is 6.42 Å². The van der Waals surface area contributed by atoms with Gasteiger partial charge < -0.3 is 15.2 Å². The molecule has 2 aromatic carbocycles. The zero-order chi connectivity index (χ0) is 24.1. The lowest BCUT2D eigenvalue weighted by molar-refractivity contribution is -0.138. The lowest BCUT2D eigenvalue weighted by Crippen LogP contribution is -2.30. The highest BCUT2D eigenvalue weighted by atomic mass is 32.1. The Morgan fingerprint density at radius 2 is 1.74 bits per heavy atom. The van der Waals surface area contributed by atoms with Crippen molar-refractivity contribution in [3.05, 3.63) is 70.7 Å². The van der Waals surface area contributed by atoms with Crippen LogP contribution in [-0.2, 0) is 9.53 Å². The molecule has 8 nitrogen and oxygen atoms in total. The largest absolute Gasteiger partial charge is 0.481 e. The van der Waals surface area contributed by atoms with Crippen molar-refractivity contribution in [2.75, 3.05) is 18.5 Å². The van der Waals surface area contributed by atoms with Crippen molar-refractivity contribution < 1.29 is 24.2 Å². The van der Waals surface area contributed by atoms with E-state index in [4.69, 9.17) is 9.84 Å². The summed E-state index contributed by atoms with van der Waals surface area (Å²) in [6.45, 7) is 2.30. The highest BCUT2D eigenvalue weighted by Gasteiger charge is 2.29. The van der Waals surface area contributed by atoms with E-state index in [0.717, 1.165) is 33.6 Å². The molecule has 0 bridgehead atoms. The third kappa shape index (κ3) is 5.26. The molecule has 0 fully saturated rings. The third-order valence-electron chi connectivity index (χ3n) is 5.88. The minimum atomic E-state index is -0.899. The number of aromatic nitrogens is 1. The van der Waals surface area contributed by atoms with Gasteiger partial charge in [0.25, 0.3) is 5.91 Å². The number of hydrogen-bond acceptors (Lipinski definition) is 6. The maximum Gasteiger partial charge on any atom is 0.413 e. The summed E-state index contributed by atoms with van der Waals surface area (Å²) in [5.74, 6) is -1.52. The SMILES string of the molecule is CCC(CNC(=O)c1csc(NC(=O)OCC2c3ccccc3-c3ccccc32)n1)CC(=O)O. The Kier molecular flexibility index (Phi) is 7.22. The van der Waals surface area contributed by atoms with E-state index in [9.17, 15) is 14.4 Å². The molecule has 1 aliphatic carbocycles. The molecule has 4 rings (SSSR count). The Hall–Kier alpha value is -3.72. The van der Waals surface area contributed by atoms with Crippen LogP contribution in [-0.4, -0.2) is 41.2 Å². The predicted molar refractivity (Wildman–Crippen MR) is 129 cm³/mol. The van der Waals surface area contributed by atoms with Gasteiger partial charge in [0.15, 0.2) is 5.13 Å². The van der Waals surface area contributed by atoms with E-state index in [2.05, 4.69) is 27.8 Å². The van der Waals surface area contributed by atoms with Crippen molar-refractivity contribution in [3.63, 3.8) is 0 Å². The van der Waals surface area contributed by atoms with Gasteiger partial charge in [0.1, 0.15) is 12.3 Å². The van der Waals surface area contributed by atoms with Crippen LogP contribution in [0.1, 0.15) is 47.3 Å². The molecule has 2 amide bonds. The number of carboxylic acid groups (broad SMARTS) is 1. The van der Waals surface area contributed by atoms with E-state index in [1.54, 1.807) is 0 Å². The summed E-state index contributed by atoms with van der Waals surface area (Å²) in [7, 11) is 0. The fourth-order valence-corrected chi connectivity index (χ4v) is 4.77. The summed E-state index contributed by atoms with van der Waals surface area (Å²) in [5, 5.41) is 16.0. The number of carbonyl (C=O) groups is 3. The minimum Gasteiger partial charge on any atom is -0.481 e. The van der Waals surface area contributed by atoms with Crippen LogP contribution >= 0.6 is 11.3 Å². The molecule has 0 spiro atoms. The average Bonchev–Trinajstić information content (AvgIpc) is 3.42.